The molecule has 0 saturated heterocycles. The normalized spacial score (nSPS) is 13.0. The van der Waals surface area contributed by atoms with Gasteiger partial charge in [0.2, 0.25) is 5.30 Å². The fourth-order valence-electron chi connectivity index (χ4n) is 3.69. The summed E-state index contributed by atoms with van der Waals surface area (Å²) >= 11 is 0. The van der Waals surface area contributed by atoms with Crippen molar-refractivity contribution in [3.05, 3.63) is 29.3 Å². The summed E-state index contributed by atoms with van der Waals surface area (Å²) in [6.45, 7) is 6.72. The first kappa shape index (κ1) is 23.3. The van der Waals surface area contributed by atoms with Crippen molar-refractivity contribution in [2.45, 2.75) is 104 Å². The van der Waals surface area contributed by atoms with Gasteiger partial charge in [-0.3, -0.25) is 0 Å². The summed E-state index contributed by atoms with van der Waals surface area (Å²) in [7, 11) is -2.25. The third-order valence-corrected chi connectivity index (χ3v) is 6.32. The van der Waals surface area contributed by atoms with E-state index in [1.807, 2.05) is 6.07 Å². The van der Waals surface area contributed by atoms with Gasteiger partial charge in [-0.1, -0.05) is 97.1 Å². The van der Waals surface area contributed by atoms with Gasteiger partial charge in [-0.25, -0.2) is 0 Å². The molecule has 26 heavy (non-hydrogen) atoms. The number of unbranched alkanes of at least 4 members (excludes halogenated alkanes) is 7. The third-order valence-electron chi connectivity index (χ3n) is 5.47. The lowest BCUT2D eigenvalue weighted by molar-refractivity contribution is 0.449. The van der Waals surface area contributed by atoms with Gasteiger partial charge in [0.05, 0.1) is 0 Å². The van der Waals surface area contributed by atoms with Crippen LogP contribution >= 0.6 is 8.03 Å². The summed E-state index contributed by atoms with van der Waals surface area (Å²) in [6.07, 6.45) is 16.1. The van der Waals surface area contributed by atoms with Gasteiger partial charge in [0.1, 0.15) is 0 Å². The highest BCUT2D eigenvalue weighted by molar-refractivity contribution is 7.47. The highest BCUT2D eigenvalue weighted by atomic mass is 31.1. The highest BCUT2D eigenvalue weighted by Crippen LogP contribution is 2.24. The van der Waals surface area contributed by atoms with Gasteiger partial charge in [-0.15, -0.1) is 0 Å². The average Bonchev–Trinajstić information content (AvgIpc) is 2.64. The summed E-state index contributed by atoms with van der Waals surface area (Å²) < 4.78 is 11.8. The molecule has 0 bridgehead atoms. The molecule has 2 nitrogen and oxygen atoms in total. The minimum atomic E-state index is -2.25. The summed E-state index contributed by atoms with van der Waals surface area (Å²) in [5.74, 6) is 0.623. The lowest BCUT2D eigenvalue weighted by Gasteiger charge is -2.15. The molecule has 0 aliphatic carbocycles. The fourth-order valence-corrected chi connectivity index (χ4v) is 4.29. The summed E-state index contributed by atoms with van der Waals surface area (Å²) in [6, 6.07) is 6.17. The second-order valence-electron chi connectivity index (χ2n) is 7.73. The molecule has 1 aromatic rings. The van der Waals surface area contributed by atoms with Crippen molar-refractivity contribution in [1.29, 1.82) is 0 Å². The zero-order valence-corrected chi connectivity index (χ0v) is 18.2. The zero-order valence-electron chi connectivity index (χ0n) is 17.3. The van der Waals surface area contributed by atoms with Crippen LogP contribution in [0.15, 0.2) is 18.2 Å². The molecule has 0 amide bonds. The Morgan fingerprint density at radius 3 is 2.19 bits per heavy atom. The first-order valence-corrected chi connectivity index (χ1v) is 12.1. The summed E-state index contributed by atoms with van der Waals surface area (Å²) in [5.41, 5.74) is 2.44. The van der Waals surface area contributed by atoms with Crippen molar-refractivity contribution in [3.63, 3.8) is 0 Å². The van der Waals surface area contributed by atoms with E-state index >= 15 is 0 Å². The van der Waals surface area contributed by atoms with Crippen LogP contribution in [0.25, 0.3) is 0 Å². The van der Waals surface area contributed by atoms with Crippen LogP contribution in [-0.4, -0.2) is 4.89 Å². The van der Waals surface area contributed by atoms with Gasteiger partial charge in [0, 0.05) is 5.56 Å². The van der Waals surface area contributed by atoms with Crippen LogP contribution in [0.3, 0.4) is 0 Å². The van der Waals surface area contributed by atoms with Gasteiger partial charge >= 0.3 is 8.03 Å². The molecule has 0 fully saturated rings. The first-order valence-electron chi connectivity index (χ1n) is 10.9. The molecule has 148 valence electrons. The van der Waals surface area contributed by atoms with E-state index in [0.29, 0.717) is 11.2 Å². The minimum Gasteiger partial charge on any atom is -0.156 e. The van der Waals surface area contributed by atoms with Crippen molar-refractivity contribution in [2.75, 3.05) is 0 Å². The van der Waals surface area contributed by atoms with Gasteiger partial charge in [0.25, 0.3) is 0 Å². The Morgan fingerprint density at radius 1 is 0.923 bits per heavy atom. The van der Waals surface area contributed by atoms with Crippen LogP contribution in [0.4, 0.5) is 0 Å². The Hall–Kier alpha value is -0.720. The SMILES string of the molecule is CCCCCCCCCc1ccc([P+](=O)O)c(CC(CC)CCCC)c1. The molecule has 0 heterocycles. The second-order valence-corrected chi connectivity index (χ2v) is 8.76. The average molecular weight is 380 g/mol. The quantitative estimate of drug-likeness (QED) is 0.261. The highest BCUT2D eigenvalue weighted by Gasteiger charge is 2.23. The largest absolute Gasteiger partial charge is 0.546 e. The van der Waals surface area contributed by atoms with Crippen molar-refractivity contribution in [3.8, 4) is 0 Å². The van der Waals surface area contributed by atoms with E-state index in [-0.39, 0.29) is 0 Å². The summed E-state index contributed by atoms with van der Waals surface area (Å²) in [4.78, 5) is 9.68. The topological polar surface area (TPSA) is 37.3 Å². The predicted molar refractivity (Wildman–Crippen MR) is 115 cm³/mol. The van der Waals surface area contributed by atoms with E-state index in [0.717, 1.165) is 24.8 Å². The van der Waals surface area contributed by atoms with Gasteiger partial charge in [0.15, 0.2) is 0 Å². The molecule has 0 aliphatic rings. The number of hydrogen-bond donors (Lipinski definition) is 1. The smallest absolute Gasteiger partial charge is 0.156 e. The third kappa shape index (κ3) is 9.28. The predicted octanol–water partition coefficient (Wildman–Crippen LogP) is 7.10. The lowest BCUT2D eigenvalue weighted by atomic mass is 9.91. The molecule has 0 saturated carbocycles. The van der Waals surface area contributed by atoms with Crippen molar-refractivity contribution >= 4 is 13.3 Å². The zero-order chi connectivity index (χ0) is 19.2. The van der Waals surface area contributed by atoms with Crippen LogP contribution < -0.4 is 5.30 Å². The van der Waals surface area contributed by atoms with Crippen molar-refractivity contribution in [2.24, 2.45) is 5.92 Å². The molecule has 0 aromatic heterocycles. The number of hydrogen-bond acceptors (Lipinski definition) is 1. The number of rotatable bonds is 15. The van der Waals surface area contributed by atoms with Crippen molar-refractivity contribution in [1.82, 2.24) is 0 Å². The summed E-state index contributed by atoms with van der Waals surface area (Å²) in [5, 5.41) is 0.651. The Morgan fingerprint density at radius 2 is 1.58 bits per heavy atom. The van der Waals surface area contributed by atoms with Gasteiger partial charge < -0.3 is 0 Å². The first-order chi connectivity index (χ1) is 12.6. The van der Waals surface area contributed by atoms with E-state index in [4.69, 9.17) is 0 Å². The molecule has 0 spiro atoms. The molecule has 1 N–H and O–H groups in total. The van der Waals surface area contributed by atoms with Crippen LogP contribution in [0.2, 0.25) is 0 Å². The van der Waals surface area contributed by atoms with E-state index in [1.165, 1.54) is 69.8 Å². The fraction of sp³-hybridized carbons (Fsp3) is 0.739. The maximum absolute atomic E-state index is 11.8. The number of aryl methyl sites for hydroxylation is 1. The molecular weight excluding hydrogens is 339 g/mol. The standard InChI is InChI=1S/C23H39O2P/c1-4-7-9-10-11-12-13-15-21-16-17-23(26(24)25)22(19-21)18-20(6-3)14-8-5-2/h16-17,19-20H,4-15,18H2,1-3H3/p+1. The molecule has 3 heteroatoms. The van der Waals surface area contributed by atoms with E-state index in [2.05, 4.69) is 32.9 Å². The van der Waals surface area contributed by atoms with Crippen LogP contribution in [0.5, 0.6) is 0 Å². The van der Waals surface area contributed by atoms with Crippen LogP contribution in [0, 0.1) is 5.92 Å². The molecular formula is C23H40O2P+. The Kier molecular flexibility index (Phi) is 12.9. The molecule has 1 aromatic carbocycles. The molecule has 0 aliphatic heterocycles. The maximum Gasteiger partial charge on any atom is 0.546 e. The minimum absolute atomic E-state index is 0.623. The molecule has 2 atom stereocenters. The van der Waals surface area contributed by atoms with E-state index in [9.17, 15) is 9.46 Å². The Bertz CT molecular complexity index is 513. The molecule has 0 radical (unpaired) electrons. The lowest BCUT2D eigenvalue weighted by Crippen LogP contribution is -2.12. The van der Waals surface area contributed by atoms with Crippen LogP contribution in [-0.2, 0) is 17.4 Å². The molecule has 2 unspecified atom stereocenters. The van der Waals surface area contributed by atoms with Crippen molar-refractivity contribution < 1.29 is 9.46 Å². The van der Waals surface area contributed by atoms with Crippen LogP contribution in [0.1, 0.15) is 103 Å². The monoisotopic (exact) mass is 379 g/mol. The maximum atomic E-state index is 11.8. The second kappa shape index (κ2) is 14.4. The van der Waals surface area contributed by atoms with Gasteiger partial charge in [-0.05, 0) is 41.4 Å². The van der Waals surface area contributed by atoms with Gasteiger partial charge in [-0.2, -0.15) is 4.89 Å². The molecule has 1 rings (SSSR count). The Balaban J connectivity index is 2.61. The Labute approximate surface area is 162 Å². The van der Waals surface area contributed by atoms with E-state index < -0.39 is 8.03 Å². The number of benzene rings is 1. The van der Waals surface area contributed by atoms with E-state index in [1.54, 1.807) is 0 Å².